The molecule has 0 radical (unpaired) electrons. The topological polar surface area (TPSA) is 50.7 Å². The molecule has 102 valence electrons. The number of hydrogen-bond donors (Lipinski definition) is 2. The average molecular weight is 274 g/mol. The van der Waals surface area contributed by atoms with E-state index in [-0.39, 0.29) is 12.0 Å². The van der Waals surface area contributed by atoms with E-state index in [9.17, 15) is 5.11 Å². The van der Waals surface area contributed by atoms with Crippen molar-refractivity contribution in [1.82, 2.24) is 0 Å². The Morgan fingerprint density at radius 3 is 2.33 bits per heavy atom. The first-order chi connectivity index (χ1) is 8.43. The van der Waals surface area contributed by atoms with Crippen molar-refractivity contribution >= 4 is 17.3 Å². The van der Waals surface area contributed by atoms with E-state index >= 15 is 0 Å². The lowest BCUT2D eigenvalue weighted by molar-refractivity contribution is 0.170. The maximum absolute atomic E-state index is 9.23. The number of hydrogen-bond acceptors (Lipinski definition) is 4. The Morgan fingerprint density at radius 1 is 1.22 bits per heavy atom. The molecule has 0 saturated heterocycles. The molecule has 0 aliphatic carbocycles. The molecule has 0 amide bonds. The van der Waals surface area contributed by atoms with Gasteiger partial charge in [-0.25, -0.2) is 0 Å². The molecule has 0 bridgehead atoms. The molecule has 0 aromatic heterocycles. The fourth-order valence-corrected chi connectivity index (χ4v) is 1.62. The van der Waals surface area contributed by atoms with E-state index in [4.69, 9.17) is 21.1 Å². The standard InChI is InChI=1S/C13H20ClNO3/c1-13(2,8-16)7-15-10-6-11(17-3)9(14)5-12(10)18-4/h5-6,15-16H,7-8H2,1-4H3. The highest BCUT2D eigenvalue weighted by Crippen LogP contribution is 2.36. The number of anilines is 1. The molecule has 18 heavy (non-hydrogen) atoms. The third-order valence-corrected chi connectivity index (χ3v) is 2.95. The Labute approximate surface area is 113 Å². The van der Waals surface area contributed by atoms with Gasteiger partial charge in [-0.05, 0) is 0 Å². The van der Waals surface area contributed by atoms with Gasteiger partial charge < -0.3 is 19.9 Å². The summed E-state index contributed by atoms with van der Waals surface area (Å²) in [6.07, 6.45) is 0. The van der Waals surface area contributed by atoms with E-state index in [0.29, 0.717) is 23.1 Å². The van der Waals surface area contributed by atoms with Crippen LogP contribution in [0.1, 0.15) is 13.8 Å². The van der Waals surface area contributed by atoms with Crippen molar-refractivity contribution in [3.63, 3.8) is 0 Å². The van der Waals surface area contributed by atoms with Gasteiger partial charge in [-0.15, -0.1) is 0 Å². The fourth-order valence-electron chi connectivity index (χ4n) is 1.39. The number of ether oxygens (including phenoxy) is 2. The van der Waals surface area contributed by atoms with Crippen molar-refractivity contribution in [1.29, 1.82) is 0 Å². The molecule has 0 saturated carbocycles. The molecule has 1 aromatic carbocycles. The van der Waals surface area contributed by atoms with Crippen LogP contribution in [0, 0.1) is 5.41 Å². The van der Waals surface area contributed by atoms with Gasteiger partial charge in [0.05, 0.1) is 24.9 Å². The van der Waals surface area contributed by atoms with Gasteiger partial charge in [0.25, 0.3) is 0 Å². The molecule has 0 heterocycles. The summed E-state index contributed by atoms with van der Waals surface area (Å²) in [7, 11) is 3.15. The Morgan fingerprint density at radius 2 is 1.83 bits per heavy atom. The SMILES string of the molecule is COc1cc(NCC(C)(C)CO)c(OC)cc1Cl. The number of aliphatic hydroxyl groups excluding tert-OH is 1. The Balaban J connectivity index is 2.93. The minimum atomic E-state index is -0.210. The summed E-state index contributed by atoms with van der Waals surface area (Å²) in [6.45, 7) is 4.66. The maximum Gasteiger partial charge on any atom is 0.143 e. The summed E-state index contributed by atoms with van der Waals surface area (Å²) in [6, 6.07) is 3.49. The summed E-state index contributed by atoms with van der Waals surface area (Å²) in [4.78, 5) is 0. The highest BCUT2D eigenvalue weighted by atomic mass is 35.5. The summed E-state index contributed by atoms with van der Waals surface area (Å²) in [5, 5.41) is 13.0. The summed E-state index contributed by atoms with van der Waals surface area (Å²) in [5.74, 6) is 1.23. The van der Waals surface area contributed by atoms with Gasteiger partial charge in [-0.3, -0.25) is 0 Å². The number of rotatable bonds is 6. The zero-order chi connectivity index (χ0) is 13.8. The van der Waals surface area contributed by atoms with E-state index in [0.717, 1.165) is 5.69 Å². The first-order valence-corrected chi connectivity index (χ1v) is 6.07. The molecule has 0 unspecified atom stereocenters. The number of halogens is 1. The van der Waals surface area contributed by atoms with E-state index in [1.165, 1.54) is 0 Å². The predicted molar refractivity (Wildman–Crippen MR) is 73.9 cm³/mol. The van der Waals surface area contributed by atoms with Crippen molar-refractivity contribution in [3.05, 3.63) is 17.2 Å². The normalized spacial score (nSPS) is 11.2. The van der Waals surface area contributed by atoms with Gasteiger partial charge in [-0.2, -0.15) is 0 Å². The quantitative estimate of drug-likeness (QED) is 0.837. The summed E-state index contributed by atoms with van der Waals surface area (Å²) < 4.78 is 10.4. The first kappa shape index (κ1) is 14.9. The van der Waals surface area contributed by atoms with Crippen molar-refractivity contribution in [3.8, 4) is 11.5 Å². The van der Waals surface area contributed by atoms with Crippen molar-refractivity contribution in [2.24, 2.45) is 5.41 Å². The van der Waals surface area contributed by atoms with Crippen LogP contribution in [0.15, 0.2) is 12.1 Å². The van der Waals surface area contributed by atoms with Crippen LogP contribution < -0.4 is 14.8 Å². The van der Waals surface area contributed by atoms with Crippen molar-refractivity contribution in [2.45, 2.75) is 13.8 Å². The highest BCUT2D eigenvalue weighted by Gasteiger charge is 2.17. The second-order valence-electron chi connectivity index (χ2n) is 4.86. The minimum absolute atomic E-state index is 0.104. The van der Waals surface area contributed by atoms with Crippen LogP contribution in [-0.2, 0) is 0 Å². The lowest BCUT2D eigenvalue weighted by Gasteiger charge is -2.23. The molecular formula is C13H20ClNO3. The number of aliphatic hydroxyl groups is 1. The van der Waals surface area contributed by atoms with Crippen LogP contribution in [0.4, 0.5) is 5.69 Å². The van der Waals surface area contributed by atoms with Crippen LogP contribution in [0.3, 0.4) is 0 Å². The van der Waals surface area contributed by atoms with Crippen LogP contribution in [-0.4, -0.2) is 32.5 Å². The monoisotopic (exact) mass is 273 g/mol. The molecule has 0 aliphatic rings. The fraction of sp³-hybridized carbons (Fsp3) is 0.538. The Kier molecular flexibility index (Phi) is 5.11. The number of methoxy groups -OCH3 is 2. The van der Waals surface area contributed by atoms with Crippen LogP contribution in [0.25, 0.3) is 0 Å². The molecule has 0 fully saturated rings. The van der Waals surface area contributed by atoms with E-state index < -0.39 is 0 Å². The van der Waals surface area contributed by atoms with Crippen LogP contribution in [0.2, 0.25) is 5.02 Å². The molecular weight excluding hydrogens is 254 g/mol. The van der Waals surface area contributed by atoms with E-state index in [2.05, 4.69) is 5.32 Å². The third kappa shape index (κ3) is 3.68. The van der Waals surface area contributed by atoms with Crippen LogP contribution >= 0.6 is 11.6 Å². The summed E-state index contributed by atoms with van der Waals surface area (Å²) >= 11 is 6.02. The third-order valence-electron chi connectivity index (χ3n) is 2.66. The van der Waals surface area contributed by atoms with Gasteiger partial charge in [0, 0.05) is 30.7 Å². The van der Waals surface area contributed by atoms with Gasteiger partial charge in [0.2, 0.25) is 0 Å². The summed E-state index contributed by atoms with van der Waals surface area (Å²) in [5.41, 5.74) is 0.581. The maximum atomic E-state index is 9.23. The van der Waals surface area contributed by atoms with E-state index in [1.54, 1.807) is 26.4 Å². The number of benzene rings is 1. The first-order valence-electron chi connectivity index (χ1n) is 5.70. The molecule has 0 aliphatic heterocycles. The molecule has 2 N–H and O–H groups in total. The van der Waals surface area contributed by atoms with Gasteiger partial charge in [0.1, 0.15) is 11.5 Å². The van der Waals surface area contributed by atoms with Gasteiger partial charge >= 0.3 is 0 Å². The predicted octanol–water partition coefficient (Wildman–Crippen LogP) is 2.79. The largest absolute Gasteiger partial charge is 0.495 e. The lowest BCUT2D eigenvalue weighted by Crippen LogP contribution is -2.26. The molecule has 4 nitrogen and oxygen atoms in total. The second kappa shape index (κ2) is 6.16. The molecule has 1 aromatic rings. The van der Waals surface area contributed by atoms with Crippen LogP contribution in [0.5, 0.6) is 11.5 Å². The molecule has 0 atom stereocenters. The molecule has 5 heteroatoms. The zero-order valence-corrected chi connectivity index (χ0v) is 12.0. The van der Waals surface area contributed by atoms with Crippen molar-refractivity contribution < 1.29 is 14.6 Å². The van der Waals surface area contributed by atoms with Gasteiger partial charge in [-0.1, -0.05) is 25.4 Å². The zero-order valence-electron chi connectivity index (χ0n) is 11.2. The lowest BCUT2D eigenvalue weighted by atomic mass is 9.95. The Hall–Kier alpha value is -1.13. The Bertz CT molecular complexity index is 407. The van der Waals surface area contributed by atoms with Crippen molar-refractivity contribution in [2.75, 3.05) is 32.7 Å². The highest BCUT2D eigenvalue weighted by molar-refractivity contribution is 6.32. The number of nitrogens with one attached hydrogen (secondary N) is 1. The molecule has 0 spiro atoms. The average Bonchev–Trinajstić information content (AvgIpc) is 2.36. The van der Waals surface area contributed by atoms with E-state index in [1.807, 2.05) is 13.8 Å². The van der Waals surface area contributed by atoms with Gasteiger partial charge in [0.15, 0.2) is 0 Å². The minimum Gasteiger partial charge on any atom is -0.495 e. The second-order valence-corrected chi connectivity index (χ2v) is 5.27. The smallest absolute Gasteiger partial charge is 0.143 e. The molecule has 1 rings (SSSR count).